The first-order valence-electron chi connectivity index (χ1n) is 15.9. The minimum Gasteiger partial charge on any atom is -0.481 e. The van der Waals surface area contributed by atoms with Crippen molar-refractivity contribution in [1.29, 1.82) is 0 Å². The summed E-state index contributed by atoms with van der Waals surface area (Å²) in [5.41, 5.74) is 5.06. The van der Waals surface area contributed by atoms with Crippen LogP contribution in [0.15, 0.2) is 83.4 Å². The van der Waals surface area contributed by atoms with Crippen LogP contribution in [0.4, 0.5) is 11.4 Å². The molecule has 1 unspecified atom stereocenters. The SMILES string of the molecule is CC[N+]1=C(/C=C/C=C/C=C2/N(CCCCS(=O)(=O)O)c3cc(S(=O)(=O)O)ccc3C2(C)CCCCC(=O)O)C(C)(C)c2ccccc21. The topological polar surface area (TPSA) is 152 Å². The van der Waals surface area contributed by atoms with Crippen molar-refractivity contribution < 1.29 is 40.4 Å². The van der Waals surface area contributed by atoms with Crippen molar-refractivity contribution in [1.82, 2.24) is 0 Å². The van der Waals surface area contributed by atoms with E-state index in [1.54, 1.807) is 6.07 Å². The number of allylic oxidation sites excluding steroid dienone is 6. The number of hydrogen-bond acceptors (Lipinski definition) is 6. The summed E-state index contributed by atoms with van der Waals surface area (Å²) in [6, 6.07) is 12.9. The first kappa shape index (κ1) is 36.3. The van der Waals surface area contributed by atoms with E-state index in [9.17, 15) is 35.8 Å². The fourth-order valence-corrected chi connectivity index (χ4v) is 7.92. The average Bonchev–Trinajstić information content (AvgIpc) is 3.35. The molecule has 4 rings (SSSR count). The molecule has 12 heteroatoms. The molecule has 3 N–H and O–H groups in total. The molecule has 0 fully saturated rings. The van der Waals surface area contributed by atoms with Gasteiger partial charge < -0.3 is 10.0 Å². The predicted molar refractivity (Wildman–Crippen MR) is 184 cm³/mol. The Morgan fingerprint density at radius 3 is 2.30 bits per heavy atom. The van der Waals surface area contributed by atoms with Crippen molar-refractivity contribution in [2.75, 3.05) is 23.7 Å². The van der Waals surface area contributed by atoms with E-state index in [-0.39, 0.29) is 23.2 Å². The highest BCUT2D eigenvalue weighted by Gasteiger charge is 2.44. The van der Waals surface area contributed by atoms with Crippen molar-refractivity contribution >= 4 is 43.3 Å². The Kier molecular flexibility index (Phi) is 11.0. The summed E-state index contributed by atoms with van der Waals surface area (Å²) < 4.78 is 68.3. The molecule has 2 heterocycles. The predicted octanol–water partition coefficient (Wildman–Crippen LogP) is 6.42. The van der Waals surface area contributed by atoms with Crippen LogP contribution in [0.3, 0.4) is 0 Å². The molecule has 0 saturated heterocycles. The van der Waals surface area contributed by atoms with Crippen molar-refractivity contribution in [3.63, 3.8) is 0 Å². The van der Waals surface area contributed by atoms with E-state index in [2.05, 4.69) is 49.6 Å². The summed E-state index contributed by atoms with van der Waals surface area (Å²) >= 11 is 0. The Balaban J connectivity index is 1.72. The molecule has 0 amide bonds. The van der Waals surface area contributed by atoms with Crippen LogP contribution >= 0.6 is 0 Å². The quantitative estimate of drug-likeness (QED) is 0.0835. The van der Waals surface area contributed by atoms with Gasteiger partial charge in [0.1, 0.15) is 6.54 Å². The number of rotatable bonds is 15. The van der Waals surface area contributed by atoms with Gasteiger partial charge in [0, 0.05) is 47.5 Å². The number of unbranched alkanes of at least 4 members (excludes halogenated alkanes) is 2. The lowest BCUT2D eigenvalue weighted by atomic mass is 9.77. The molecule has 0 radical (unpaired) electrons. The standard InChI is InChI=1S/C35H44N2O8S2/c1-5-36-29-16-10-9-15-27(29)34(2,3)31(36)17-7-6-8-18-32-35(4,22-12-11-19-33(38)39)28-21-20-26(47(43,44)45)25-30(28)37(32)23-13-14-24-46(40,41)42/h6-10,15-18,20-21,25H,5,11-14,19,22-24H2,1-4H3,(H2-,38,39,40,41,42,43,44,45)/p+1. The summed E-state index contributed by atoms with van der Waals surface area (Å²) in [5.74, 6) is -1.28. The maximum Gasteiger partial charge on any atom is 0.303 e. The molecule has 10 nitrogen and oxygen atoms in total. The van der Waals surface area contributed by atoms with Crippen LogP contribution < -0.4 is 4.90 Å². The first-order valence-corrected chi connectivity index (χ1v) is 18.9. The largest absolute Gasteiger partial charge is 0.481 e. The summed E-state index contributed by atoms with van der Waals surface area (Å²) in [6.07, 6.45) is 12.1. The third-order valence-electron chi connectivity index (χ3n) is 9.21. The number of fused-ring (bicyclic) bond motifs is 2. The molecule has 2 aliphatic rings. The molecule has 0 bridgehead atoms. The molecular weight excluding hydrogens is 641 g/mol. The highest BCUT2D eigenvalue weighted by atomic mass is 32.2. The summed E-state index contributed by atoms with van der Waals surface area (Å²) in [4.78, 5) is 12.9. The normalized spacial score (nSPS) is 20.1. The van der Waals surface area contributed by atoms with Gasteiger partial charge in [0.25, 0.3) is 20.2 Å². The summed E-state index contributed by atoms with van der Waals surface area (Å²) in [7, 11) is -8.64. The number of anilines is 1. The summed E-state index contributed by atoms with van der Waals surface area (Å²) in [6.45, 7) is 9.72. The molecule has 2 aliphatic heterocycles. The van der Waals surface area contributed by atoms with Gasteiger partial charge in [0.15, 0.2) is 5.71 Å². The molecule has 1 atom stereocenters. The first-order chi connectivity index (χ1) is 22.0. The molecule has 0 aliphatic carbocycles. The number of benzene rings is 2. The third-order valence-corrected chi connectivity index (χ3v) is 10.9. The van der Waals surface area contributed by atoms with Gasteiger partial charge in [-0.25, -0.2) is 0 Å². The van der Waals surface area contributed by atoms with Crippen LogP contribution in [0.25, 0.3) is 0 Å². The highest BCUT2D eigenvalue weighted by Crippen LogP contribution is 2.51. The van der Waals surface area contributed by atoms with E-state index in [1.165, 1.54) is 29.1 Å². The summed E-state index contributed by atoms with van der Waals surface area (Å²) in [5, 5.41) is 9.19. The second-order valence-corrected chi connectivity index (χ2v) is 15.8. The number of carbonyl (C=O) groups is 1. The van der Waals surface area contributed by atoms with Crippen LogP contribution in [0.5, 0.6) is 0 Å². The minimum absolute atomic E-state index is 0.0293. The highest BCUT2D eigenvalue weighted by molar-refractivity contribution is 7.86. The molecule has 254 valence electrons. The Morgan fingerprint density at radius 1 is 0.915 bits per heavy atom. The zero-order chi connectivity index (χ0) is 34.6. The molecule has 0 saturated carbocycles. The number of carboxylic acid groups (broad SMARTS) is 1. The van der Waals surface area contributed by atoms with Crippen LogP contribution in [-0.2, 0) is 35.9 Å². The van der Waals surface area contributed by atoms with Gasteiger partial charge >= 0.3 is 5.97 Å². The molecule has 2 aromatic carbocycles. The zero-order valence-electron chi connectivity index (χ0n) is 27.4. The van der Waals surface area contributed by atoms with Crippen molar-refractivity contribution in [2.24, 2.45) is 0 Å². The Hall–Kier alpha value is -3.58. The van der Waals surface area contributed by atoms with Gasteiger partial charge in [0.2, 0.25) is 5.69 Å². The minimum atomic E-state index is -4.50. The zero-order valence-corrected chi connectivity index (χ0v) is 29.0. The van der Waals surface area contributed by atoms with E-state index in [0.717, 1.165) is 17.8 Å². The van der Waals surface area contributed by atoms with Crippen molar-refractivity contribution in [2.45, 2.75) is 81.9 Å². The smallest absolute Gasteiger partial charge is 0.303 e. The molecule has 0 aromatic heterocycles. The van der Waals surface area contributed by atoms with E-state index in [0.29, 0.717) is 37.9 Å². The second kappa shape index (κ2) is 14.3. The van der Waals surface area contributed by atoms with Crippen molar-refractivity contribution in [3.8, 4) is 0 Å². The fourth-order valence-electron chi connectivity index (χ4n) is 6.85. The number of nitrogens with zero attached hydrogens (tertiary/aromatic N) is 2. The lowest BCUT2D eigenvalue weighted by Gasteiger charge is -2.30. The van der Waals surface area contributed by atoms with E-state index in [1.807, 2.05) is 42.2 Å². The molecule has 47 heavy (non-hydrogen) atoms. The Bertz CT molecular complexity index is 1860. The van der Waals surface area contributed by atoms with Crippen LogP contribution in [0.2, 0.25) is 0 Å². The van der Waals surface area contributed by atoms with Crippen LogP contribution in [-0.4, -0.2) is 66.1 Å². The number of carboxylic acids is 1. The van der Waals surface area contributed by atoms with Gasteiger partial charge in [-0.15, -0.1) is 0 Å². The van der Waals surface area contributed by atoms with Gasteiger partial charge in [-0.3, -0.25) is 13.9 Å². The monoisotopic (exact) mass is 685 g/mol. The van der Waals surface area contributed by atoms with E-state index in [4.69, 9.17) is 0 Å². The molecule has 0 spiro atoms. The third kappa shape index (κ3) is 8.11. The van der Waals surface area contributed by atoms with Crippen molar-refractivity contribution in [3.05, 3.63) is 89.7 Å². The van der Waals surface area contributed by atoms with E-state index < -0.39 is 37.4 Å². The Labute approximate surface area is 278 Å². The number of para-hydroxylation sites is 1. The average molecular weight is 686 g/mol. The van der Waals surface area contributed by atoms with Gasteiger partial charge in [-0.1, -0.05) is 48.9 Å². The lowest BCUT2D eigenvalue weighted by molar-refractivity contribution is -0.433. The fraction of sp³-hybridized carbons (Fsp3) is 0.429. The molecular formula is C35H45N2O8S2+. The van der Waals surface area contributed by atoms with Gasteiger partial charge in [-0.2, -0.15) is 21.4 Å². The van der Waals surface area contributed by atoms with Crippen LogP contribution in [0.1, 0.15) is 77.3 Å². The van der Waals surface area contributed by atoms with Crippen LogP contribution in [0, 0.1) is 0 Å². The number of aliphatic carboxylic acids is 1. The Morgan fingerprint density at radius 2 is 1.64 bits per heavy atom. The van der Waals surface area contributed by atoms with Gasteiger partial charge in [-0.05, 0) is 77.2 Å². The molecule has 2 aromatic rings. The lowest BCUT2D eigenvalue weighted by Crippen LogP contribution is -2.29. The number of hydrogen-bond donors (Lipinski definition) is 3. The maximum atomic E-state index is 12.1. The second-order valence-electron chi connectivity index (χ2n) is 12.8. The van der Waals surface area contributed by atoms with E-state index >= 15 is 0 Å². The maximum absolute atomic E-state index is 12.1. The van der Waals surface area contributed by atoms with Gasteiger partial charge in [0.05, 0.1) is 16.1 Å².